The lowest BCUT2D eigenvalue weighted by molar-refractivity contribution is 0.0703. The van der Waals surface area contributed by atoms with Crippen LogP contribution in [0.5, 0.6) is 0 Å². The van der Waals surface area contributed by atoms with E-state index < -0.39 is 0 Å². The van der Waals surface area contributed by atoms with Crippen molar-refractivity contribution in [2.75, 3.05) is 0 Å². The lowest BCUT2D eigenvalue weighted by Gasteiger charge is -2.43. The van der Waals surface area contributed by atoms with Gasteiger partial charge in [-0.05, 0) is 54.8 Å². The third kappa shape index (κ3) is 6.56. The van der Waals surface area contributed by atoms with E-state index >= 15 is 0 Å². The second kappa shape index (κ2) is 12.5. The van der Waals surface area contributed by atoms with E-state index in [4.69, 9.17) is 0 Å². The molecule has 2 saturated carbocycles. The van der Waals surface area contributed by atoms with E-state index in [1.807, 2.05) is 0 Å². The summed E-state index contributed by atoms with van der Waals surface area (Å²) in [5.74, 6) is 6.26. The molecule has 0 saturated heterocycles. The predicted molar refractivity (Wildman–Crippen MR) is 118 cm³/mol. The van der Waals surface area contributed by atoms with Crippen LogP contribution in [0.3, 0.4) is 0 Å². The van der Waals surface area contributed by atoms with Gasteiger partial charge in [-0.15, -0.1) is 0 Å². The monoisotopic (exact) mass is 362 g/mol. The van der Waals surface area contributed by atoms with Gasteiger partial charge in [0.1, 0.15) is 0 Å². The Morgan fingerprint density at radius 2 is 1.38 bits per heavy atom. The summed E-state index contributed by atoms with van der Waals surface area (Å²) < 4.78 is 0. The van der Waals surface area contributed by atoms with Crippen LogP contribution in [0.1, 0.15) is 130 Å². The molecule has 0 radical (unpaired) electrons. The van der Waals surface area contributed by atoms with Gasteiger partial charge < -0.3 is 0 Å². The van der Waals surface area contributed by atoms with Crippen molar-refractivity contribution in [3.05, 3.63) is 0 Å². The van der Waals surface area contributed by atoms with Crippen molar-refractivity contribution in [1.82, 2.24) is 0 Å². The summed E-state index contributed by atoms with van der Waals surface area (Å²) >= 11 is 0. The van der Waals surface area contributed by atoms with Crippen molar-refractivity contribution in [1.29, 1.82) is 0 Å². The summed E-state index contributed by atoms with van der Waals surface area (Å²) in [7, 11) is 0. The van der Waals surface area contributed by atoms with Crippen LogP contribution in [-0.4, -0.2) is 0 Å². The van der Waals surface area contributed by atoms with Gasteiger partial charge in [0, 0.05) is 0 Å². The molecule has 2 fully saturated rings. The average Bonchev–Trinajstić information content (AvgIpc) is 2.70. The van der Waals surface area contributed by atoms with E-state index in [1.54, 1.807) is 38.5 Å². The third-order valence-electron chi connectivity index (χ3n) is 8.38. The van der Waals surface area contributed by atoms with E-state index in [0.717, 1.165) is 35.5 Å². The maximum atomic E-state index is 2.46. The highest BCUT2D eigenvalue weighted by molar-refractivity contribution is 4.87. The highest BCUT2D eigenvalue weighted by Crippen LogP contribution is 2.47. The van der Waals surface area contributed by atoms with Gasteiger partial charge in [-0.3, -0.25) is 0 Å². The Bertz CT molecular complexity index is 326. The Labute approximate surface area is 166 Å². The second-order valence-electron chi connectivity index (χ2n) is 9.99. The van der Waals surface area contributed by atoms with Crippen molar-refractivity contribution >= 4 is 0 Å². The van der Waals surface area contributed by atoms with Gasteiger partial charge in [0.15, 0.2) is 0 Å². The molecule has 0 spiro atoms. The van der Waals surface area contributed by atoms with Crippen molar-refractivity contribution in [2.24, 2.45) is 35.5 Å². The third-order valence-corrected chi connectivity index (χ3v) is 8.38. The smallest absolute Gasteiger partial charge is 0.0360 e. The maximum Gasteiger partial charge on any atom is -0.0360 e. The van der Waals surface area contributed by atoms with Crippen LogP contribution in [0.25, 0.3) is 0 Å². The van der Waals surface area contributed by atoms with Crippen LogP contribution in [0.2, 0.25) is 0 Å². The Hall–Kier alpha value is 0. The Balaban J connectivity index is 1.96. The Kier molecular flexibility index (Phi) is 10.7. The van der Waals surface area contributed by atoms with Crippen LogP contribution in [-0.2, 0) is 0 Å². The van der Waals surface area contributed by atoms with E-state index in [0.29, 0.717) is 0 Å². The molecule has 0 aromatic heterocycles. The molecule has 2 aliphatic carbocycles. The van der Waals surface area contributed by atoms with Crippen LogP contribution in [0, 0.1) is 35.5 Å². The predicted octanol–water partition coefficient (Wildman–Crippen LogP) is 9.03. The quantitative estimate of drug-likeness (QED) is 0.321. The van der Waals surface area contributed by atoms with E-state index in [1.165, 1.54) is 64.2 Å². The topological polar surface area (TPSA) is 0 Å². The molecule has 0 nitrogen and oxygen atoms in total. The molecule has 0 heterocycles. The standard InChI is InChI=1S/C26H50/c1-5-9-10-12-17-25(24-15-13-11-14-16-24)20-21-18-22(6-2)26(8-4)23(7-3)19-21/h21-26H,5-20H2,1-4H3. The zero-order valence-electron chi connectivity index (χ0n) is 18.8. The summed E-state index contributed by atoms with van der Waals surface area (Å²) in [6, 6.07) is 0. The van der Waals surface area contributed by atoms with Crippen LogP contribution >= 0.6 is 0 Å². The Morgan fingerprint density at radius 3 is 1.92 bits per heavy atom. The van der Waals surface area contributed by atoms with Gasteiger partial charge in [-0.2, -0.15) is 0 Å². The first kappa shape index (κ1) is 22.3. The zero-order valence-corrected chi connectivity index (χ0v) is 18.8. The molecule has 26 heavy (non-hydrogen) atoms. The fourth-order valence-corrected chi connectivity index (χ4v) is 6.90. The van der Waals surface area contributed by atoms with E-state index in [2.05, 4.69) is 27.7 Å². The average molecular weight is 363 g/mol. The fourth-order valence-electron chi connectivity index (χ4n) is 6.90. The largest absolute Gasteiger partial charge is 0.0654 e. The van der Waals surface area contributed by atoms with Crippen molar-refractivity contribution in [3.8, 4) is 0 Å². The highest BCUT2D eigenvalue weighted by atomic mass is 14.4. The molecule has 0 amide bonds. The van der Waals surface area contributed by atoms with Gasteiger partial charge in [-0.25, -0.2) is 0 Å². The number of unbranched alkanes of at least 4 members (excludes halogenated alkanes) is 3. The van der Waals surface area contributed by atoms with Gasteiger partial charge in [0.05, 0.1) is 0 Å². The Morgan fingerprint density at radius 1 is 0.731 bits per heavy atom. The highest BCUT2D eigenvalue weighted by Gasteiger charge is 2.36. The van der Waals surface area contributed by atoms with E-state index in [-0.39, 0.29) is 0 Å². The lowest BCUT2D eigenvalue weighted by atomic mass is 9.62. The molecular formula is C26H50. The number of rotatable bonds is 11. The summed E-state index contributed by atoms with van der Waals surface area (Å²) in [4.78, 5) is 0. The van der Waals surface area contributed by atoms with Crippen LogP contribution in [0.4, 0.5) is 0 Å². The molecule has 0 aliphatic heterocycles. The molecule has 0 aromatic rings. The summed E-state index contributed by atoms with van der Waals surface area (Å²) in [6.07, 6.45) is 24.0. The molecule has 154 valence electrons. The van der Waals surface area contributed by atoms with Gasteiger partial charge in [-0.1, -0.05) is 111 Å². The van der Waals surface area contributed by atoms with Gasteiger partial charge in [0.25, 0.3) is 0 Å². The molecule has 2 rings (SSSR count). The molecule has 0 heteroatoms. The van der Waals surface area contributed by atoms with Crippen LogP contribution in [0.15, 0.2) is 0 Å². The first-order valence-electron chi connectivity index (χ1n) is 12.7. The summed E-state index contributed by atoms with van der Waals surface area (Å²) in [5, 5.41) is 0. The molecule has 0 N–H and O–H groups in total. The zero-order chi connectivity index (χ0) is 18.8. The molecule has 2 aliphatic rings. The SMILES string of the molecule is CCCCCCC(CC1CC(CC)C(CC)C(CC)C1)C1CCCCC1. The van der Waals surface area contributed by atoms with Crippen molar-refractivity contribution < 1.29 is 0 Å². The second-order valence-corrected chi connectivity index (χ2v) is 9.99. The molecule has 3 atom stereocenters. The van der Waals surface area contributed by atoms with Crippen LogP contribution < -0.4 is 0 Å². The molecule has 0 bridgehead atoms. The first-order valence-corrected chi connectivity index (χ1v) is 12.7. The minimum absolute atomic E-state index is 1.02. The van der Waals surface area contributed by atoms with E-state index in [9.17, 15) is 0 Å². The lowest BCUT2D eigenvalue weighted by Crippen LogP contribution is -2.33. The summed E-state index contributed by atoms with van der Waals surface area (Å²) in [6.45, 7) is 9.73. The molecule has 0 aromatic carbocycles. The normalized spacial score (nSPS) is 31.8. The minimum atomic E-state index is 1.02. The number of hydrogen-bond donors (Lipinski definition) is 0. The molecular weight excluding hydrogens is 312 g/mol. The van der Waals surface area contributed by atoms with Crippen molar-refractivity contribution in [3.63, 3.8) is 0 Å². The van der Waals surface area contributed by atoms with Gasteiger partial charge in [0.2, 0.25) is 0 Å². The maximum absolute atomic E-state index is 2.46. The molecule has 3 unspecified atom stereocenters. The number of hydrogen-bond acceptors (Lipinski definition) is 0. The first-order chi connectivity index (χ1) is 12.7. The van der Waals surface area contributed by atoms with Gasteiger partial charge >= 0.3 is 0 Å². The van der Waals surface area contributed by atoms with Crippen molar-refractivity contribution in [2.45, 2.75) is 130 Å². The minimum Gasteiger partial charge on any atom is -0.0654 e. The summed E-state index contributed by atoms with van der Waals surface area (Å²) in [5.41, 5.74) is 0. The fraction of sp³-hybridized carbons (Fsp3) is 1.00.